The quantitative estimate of drug-likeness (QED) is 0.418. The van der Waals surface area contributed by atoms with E-state index in [1.165, 1.54) is 5.56 Å². The molecule has 1 aliphatic rings. The molecule has 0 aliphatic carbocycles. The van der Waals surface area contributed by atoms with Crippen LogP contribution in [0.2, 0.25) is 5.02 Å². The van der Waals surface area contributed by atoms with Crippen LogP contribution in [0, 0.1) is 5.92 Å². The highest BCUT2D eigenvalue weighted by molar-refractivity contribution is 6.33. The van der Waals surface area contributed by atoms with Gasteiger partial charge in [-0.3, -0.25) is 4.79 Å². The molecule has 0 saturated carbocycles. The number of hydrogen-bond acceptors (Lipinski definition) is 6. The summed E-state index contributed by atoms with van der Waals surface area (Å²) >= 11 is 6.13. The standard InChI is InChI=1S/C26H35ClN2O4.ClH/c1-31-24-7-6-18(14-26(24)33-3)5-4-10-29-11-8-19(9-12-29)13-21(30)15-20-16-22(27)23(28)17-25(20)32-2;/h6-7,14,16-17,19H,4-5,8-13,15,28H2,1-3H3;1H. The van der Waals surface area contributed by atoms with Crippen LogP contribution in [-0.4, -0.2) is 51.6 Å². The Balaban J connectivity index is 0.00000408. The third-order valence-corrected chi connectivity index (χ3v) is 6.73. The van der Waals surface area contributed by atoms with Crippen molar-refractivity contribution in [1.82, 2.24) is 4.90 Å². The van der Waals surface area contributed by atoms with Crippen LogP contribution < -0.4 is 19.9 Å². The van der Waals surface area contributed by atoms with Gasteiger partial charge in [-0.15, -0.1) is 12.4 Å². The van der Waals surface area contributed by atoms with E-state index in [0.29, 0.717) is 35.2 Å². The minimum absolute atomic E-state index is 0. The Kier molecular flexibility index (Phi) is 11.3. The summed E-state index contributed by atoms with van der Waals surface area (Å²) in [6, 6.07) is 9.55. The van der Waals surface area contributed by atoms with Crippen molar-refractivity contribution in [3.8, 4) is 17.2 Å². The summed E-state index contributed by atoms with van der Waals surface area (Å²) in [5.74, 6) is 2.82. The fourth-order valence-corrected chi connectivity index (χ4v) is 4.69. The number of ketones is 1. The van der Waals surface area contributed by atoms with Gasteiger partial charge in [0.2, 0.25) is 0 Å². The van der Waals surface area contributed by atoms with E-state index in [1.54, 1.807) is 33.5 Å². The van der Waals surface area contributed by atoms with Crippen molar-refractivity contribution in [2.45, 2.75) is 38.5 Å². The van der Waals surface area contributed by atoms with Crippen molar-refractivity contribution in [2.75, 3.05) is 46.7 Å². The number of nitrogens with zero attached hydrogens (tertiary/aromatic N) is 1. The topological polar surface area (TPSA) is 74.0 Å². The number of anilines is 1. The summed E-state index contributed by atoms with van der Waals surface area (Å²) in [6.45, 7) is 3.15. The molecule has 1 aliphatic heterocycles. The lowest BCUT2D eigenvalue weighted by Crippen LogP contribution is -2.35. The highest BCUT2D eigenvalue weighted by atomic mass is 35.5. The lowest BCUT2D eigenvalue weighted by Gasteiger charge is -2.31. The maximum absolute atomic E-state index is 12.7. The highest BCUT2D eigenvalue weighted by Gasteiger charge is 2.22. The average molecular weight is 511 g/mol. The third kappa shape index (κ3) is 7.69. The molecule has 34 heavy (non-hydrogen) atoms. The van der Waals surface area contributed by atoms with Gasteiger partial charge < -0.3 is 24.8 Å². The molecule has 0 aromatic heterocycles. The molecule has 0 amide bonds. The van der Waals surface area contributed by atoms with Gasteiger partial charge >= 0.3 is 0 Å². The normalized spacial score (nSPS) is 14.4. The molecular weight excluding hydrogens is 475 g/mol. The first kappa shape index (κ1) is 28.1. The van der Waals surface area contributed by atoms with Crippen LogP contribution in [-0.2, 0) is 17.6 Å². The Hall–Kier alpha value is -2.15. The summed E-state index contributed by atoms with van der Waals surface area (Å²) < 4.78 is 16.1. The number of Topliss-reactive ketones (excluding diaryl/α,β-unsaturated/α-hetero) is 1. The zero-order chi connectivity index (χ0) is 23.8. The molecular formula is C26H36Cl2N2O4. The molecule has 2 N–H and O–H groups in total. The minimum atomic E-state index is 0. The van der Waals surface area contributed by atoms with Crippen LogP contribution in [0.15, 0.2) is 30.3 Å². The Morgan fingerprint density at radius 1 is 1.03 bits per heavy atom. The zero-order valence-corrected chi connectivity index (χ0v) is 21.8. The molecule has 0 spiro atoms. The predicted octanol–water partition coefficient (Wildman–Crippen LogP) is 5.22. The Labute approximate surface area is 214 Å². The van der Waals surface area contributed by atoms with Gasteiger partial charge in [0.25, 0.3) is 0 Å². The molecule has 1 saturated heterocycles. The number of nitrogens with two attached hydrogens (primary N) is 1. The van der Waals surface area contributed by atoms with Gasteiger partial charge in [-0.25, -0.2) is 0 Å². The summed E-state index contributed by atoms with van der Waals surface area (Å²) in [4.78, 5) is 15.2. The van der Waals surface area contributed by atoms with E-state index in [9.17, 15) is 4.79 Å². The molecule has 1 heterocycles. The van der Waals surface area contributed by atoms with Gasteiger partial charge in [0.05, 0.1) is 32.0 Å². The van der Waals surface area contributed by atoms with Gasteiger partial charge in [0.15, 0.2) is 11.5 Å². The van der Waals surface area contributed by atoms with Gasteiger partial charge in [-0.05, 0) is 75.0 Å². The predicted molar refractivity (Wildman–Crippen MR) is 140 cm³/mol. The number of nitrogen functional groups attached to an aromatic ring is 1. The third-order valence-electron chi connectivity index (χ3n) is 6.40. The number of aryl methyl sites for hydroxylation is 1. The maximum atomic E-state index is 12.7. The fourth-order valence-electron chi connectivity index (χ4n) is 4.50. The molecule has 2 aromatic carbocycles. The first-order chi connectivity index (χ1) is 15.9. The Morgan fingerprint density at radius 2 is 1.71 bits per heavy atom. The SMILES string of the molecule is COc1cc(N)c(Cl)cc1CC(=O)CC1CCN(CCCc2ccc(OC)c(OC)c2)CC1.Cl. The number of hydrogen-bond donors (Lipinski definition) is 1. The average Bonchev–Trinajstić information content (AvgIpc) is 2.82. The van der Waals surface area contributed by atoms with Crippen molar-refractivity contribution in [3.05, 3.63) is 46.5 Å². The van der Waals surface area contributed by atoms with Crippen molar-refractivity contribution in [2.24, 2.45) is 5.92 Å². The second-order valence-corrected chi connectivity index (χ2v) is 9.09. The van der Waals surface area contributed by atoms with Gasteiger partial charge in [0.1, 0.15) is 11.5 Å². The molecule has 188 valence electrons. The number of methoxy groups -OCH3 is 3. The van der Waals surface area contributed by atoms with Crippen LogP contribution in [0.3, 0.4) is 0 Å². The van der Waals surface area contributed by atoms with Crippen molar-refractivity contribution < 1.29 is 19.0 Å². The van der Waals surface area contributed by atoms with E-state index in [-0.39, 0.29) is 18.2 Å². The number of benzene rings is 2. The van der Waals surface area contributed by atoms with Gasteiger partial charge in [-0.1, -0.05) is 17.7 Å². The highest BCUT2D eigenvalue weighted by Crippen LogP contribution is 2.31. The molecule has 1 fully saturated rings. The van der Waals surface area contributed by atoms with E-state index < -0.39 is 0 Å². The number of likely N-dealkylation sites (tertiary alicyclic amines) is 1. The molecule has 0 unspecified atom stereocenters. The minimum Gasteiger partial charge on any atom is -0.496 e. The number of rotatable bonds is 11. The zero-order valence-electron chi connectivity index (χ0n) is 20.3. The largest absolute Gasteiger partial charge is 0.496 e. The number of piperidine rings is 1. The smallest absolute Gasteiger partial charge is 0.160 e. The number of halogens is 2. The molecule has 0 atom stereocenters. The second kappa shape index (κ2) is 13.7. The Bertz CT molecular complexity index is 947. The van der Waals surface area contributed by atoms with Crippen LogP contribution in [0.5, 0.6) is 17.2 Å². The van der Waals surface area contributed by atoms with E-state index in [2.05, 4.69) is 17.0 Å². The molecule has 2 aromatic rings. The van der Waals surface area contributed by atoms with Crippen LogP contribution >= 0.6 is 24.0 Å². The monoisotopic (exact) mass is 510 g/mol. The van der Waals surface area contributed by atoms with E-state index in [1.807, 2.05) is 6.07 Å². The lowest BCUT2D eigenvalue weighted by molar-refractivity contribution is -0.119. The number of ether oxygens (including phenoxy) is 3. The van der Waals surface area contributed by atoms with Crippen LogP contribution in [0.4, 0.5) is 5.69 Å². The van der Waals surface area contributed by atoms with Gasteiger partial charge in [-0.2, -0.15) is 0 Å². The van der Waals surface area contributed by atoms with Crippen LogP contribution in [0.25, 0.3) is 0 Å². The summed E-state index contributed by atoms with van der Waals surface area (Å²) in [5, 5.41) is 0.458. The first-order valence-electron chi connectivity index (χ1n) is 11.5. The van der Waals surface area contributed by atoms with E-state index in [0.717, 1.165) is 62.4 Å². The molecule has 8 heteroatoms. The summed E-state index contributed by atoms with van der Waals surface area (Å²) in [6.07, 6.45) is 5.14. The Morgan fingerprint density at radius 3 is 2.35 bits per heavy atom. The fraction of sp³-hybridized carbons (Fsp3) is 0.500. The van der Waals surface area contributed by atoms with E-state index >= 15 is 0 Å². The van der Waals surface area contributed by atoms with Crippen molar-refractivity contribution in [1.29, 1.82) is 0 Å². The molecule has 3 rings (SSSR count). The molecule has 6 nitrogen and oxygen atoms in total. The van der Waals surface area contributed by atoms with E-state index in [4.69, 9.17) is 31.5 Å². The van der Waals surface area contributed by atoms with Crippen molar-refractivity contribution >= 4 is 35.5 Å². The van der Waals surface area contributed by atoms with Crippen LogP contribution in [0.1, 0.15) is 36.8 Å². The number of carbonyl (C=O) groups excluding carboxylic acids is 1. The van der Waals surface area contributed by atoms with Gasteiger partial charge in [0, 0.05) is 24.5 Å². The van der Waals surface area contributed by atoms with Crippen molar-refractivity contribution in [3.63, 3.8) is 0 Å². The molecule has 0 radical (unpaired) electrons. The second-order valence-electron chi connectivity index (χ2n) is 8.68. The number of carbonyl (C=O) groups is 1. The summed E-state index contributed by atoms with van der Waals surface area (Å²) in [7, 11) is 4.90. The summed E-state index contributed by atoms with van der Waals surface area (Å²) in [5.41, 5.74) is 8.36. The first-order valence-corrected chi connectivity index (χ1v) is 11.9. The maximum Gasteiger partial charge on any atom is 0.160 e. The molecule has 0 bridgehead atoms. The lowest BCUT2D eigenvalue weighted by atomic mass is 9.90.